The summed E-state index contributed by atoms with van der Waals surface area (Å²) in [5.74, 6) is -0.422. The third kappa shape index (κ3) is 34.5. The Labute approximate surface area is 381 Å². The Balaban J connectivity index is 2.42. The number of hydrogen-bond acceptors (Lipinski definition) is 11. The van der Waals surface area contributed by atoms with Gasteiger partial charge in [-0.2, -0.15) is 8.42 Å². The Bertz CT molecular complexity index is 1370. The van der Waals surface area contributed by atoms with Crippen molar-refractivity contribution >= 4 is 16.4 Å². The van der Waals surface area contributed by atoms with Crippen molar-refractivity contribution in [2.45, 2.75) is 211 Å². The fraction of sp³-hybridized carbons (Fsp3) is 0.740. The van der Waals surface area contributed by atoms with Crippen molar-refractivity contribution in [3.63, 3.8) is 0 Å². The summed E-state index contributed by atoms with van der Waals surface area (Å²) in [5, 5.41) is 30.7. The van der Waals surface area contributed by atoms with Crippen molar-refractivity contribution in [2.24, 2.45) is 0 Å². The van der Waals surface area contributed by atoms with E-state index in [1.54, 1.807) is 0 Å². The molecule has 0 aromatic rings. The molecule has 1 aliphatic rings. The second kappa shape index (κ2) is 41.0. The van der Waals surface area contributed by atoms with Gasteiger partial charge in [0.1, 0.15) is 30.5 Å². The highest BCUT2D eigenvalue weighted by molar-refractivity contribution is 7.80. The van der Waals surface area contributed by atoms with E-state index in [9.17, 15) is 33.1 Å². The summed E-state index contributed by atoms with van der Waals surface area (Å²) < 4.78 is 59.1. The Kier molecular flexibility index (Phi) is 38.1. The number of carbonyl (C=O) groups excluding carboxylic acids is 1. The molecule has 1 heterocycles. The van der Waals surface area contributed by atoms with Crippen molar-refractivity contribution in [2.75, 3.05) is 26.4 Å². The normalized spacial score (nSPS) is 20.5. The minimum absolute atomic E-state index is 0.0201. The average Bonchev–Trinajstić information content (AvgIpc) is 3.26. The van der Waals surface area contributed by atoms with Gasteiger partial charge in [-0.05, 0) is 83.5 Å². The highest BCUT2D eigenvalue weighted by Crippen LogP contribution is 2.26. The molecule has 63 heavy (non-hydrogen) atoms. The average molecular weight is 911 g/mol. The van der Waals surface area contributed by atoms with Crippen molar-refractivity contribution < 1.29 is 56.2 Å². The summed E-state index contributed by atoms with van der Waals surface area (Å²) in [6.45, 7) is 3.82. The highest BCUT2D eigenvalue weighted by Gasteiger charge is 2.48. The molecule has 4 N–H and O–H groups in total. The first-order chi connectivity index (χ1) is 30.6. The van der Waals surface area contributed by atoms with Crippen LogP contribution in [0.1, 0.15) is 174 Å². The smallest absolute Gasteiger partial charge is 0.397 e. The lowest BCUT2D eigenvalue weighted by Crippen LogP contribution is -2.60. The second-order valence-electron chi connectivity index (χ2n) is 16.3. The summed E-state index contributed by atoms with van der Waals surface area (Å²) >= 11 is 0. The van der Waals surface area contributed by atoms with Crippen LogP contribution in [0.25, 0.3) is 0 Å². The molecular formula is C50H86O12S. The van der Waals surface area contributed by atoms with Crippen LogP contribution in [-0.2, 0) is 38.3 Å². The molecule has 0 spiro atoms. The van der Waals surface area contributed by atoms with E-state index in [1.807, 2.05) is 0 Å². The monoisotopic (exact) mass is 911 g/mol. The van der Waals surface area contributed by atoms with Crippen LogP contribution >= 0.6 is 0 Å². The van der Waals surface area contributed by atoms with Crippen LogP contribution < -0.4 is 0 Å². The maximum absolute atomic E-state index is 12.9. The van der Waals surface area contributed by atoms with E-state index in [1.165, 1.54) is 57.8 Å². The van der Waals surface area contributed by atoms with Gasteiger partial charge in [-0.1, -0.05) is 157 Å². The zero-order chi connectivity index (χ0) is 46.1. The molecule has 0 aromatic carbocycles. The van der Waals surface area contributed by atoms with Gasteiger partial charge in [0.2, 0.25) is 0 Å². The summed E-state index contributed by atoms with van der Waals surface area (Å²) in [6, 6.07) is 0. The summed E-state index contributed by atoms with van der Waals surface area (Å²) in [5.41, 5.74) is 0. The molecule has 0 aliphatic carbocycles. The van der Waals surface area contributed by atoms with Gasteiger partial charge in [0.25, 0.3) is 0 Å². The molecule has 0 bridgehead atoms. The van der Waals surface area contributed by atoms with E-state index in [0.29, 0.717) is 13.0 Å². The van der Waals surface area contributed by atoms with E-state index in [0.717, 1.165) is 89.9 Å². The minimum Gasteiger partial charge on any atom is -0.457 e. The van der Waals surface area contributed by atoms with Crippen LogP contribution in [0.5, 0.6) is 0 Å². The number of ether oxygens (including phenoxy) is 4. The Hall–Kier alpha value is -2.46. The first-order valence-electron chi connectivity index (χ1n) is 24.2. The number of esters is 1. The van der Waals surface area contributed by atoms with Gasteiger partial charge in [0.05, 0.1) is 19.8 Å². The number of aliphatic hydroxyl groups is 3. The van der Waals surface area contributed by atoms with Gasteiger partial charge in [0.15, 0.2) is 6.29 Å². The number of aliphatic hydroxyl groups excluding tert-OH is 3. The topological polar surface area (TPSA) is 178 Å². The molecule has 12 nitrogen and oxygen atoms in total. The predicted molar refractivity (Wildman–Crippen MR) is 252 cm³/mol. The van der Waals surface area contributed by atoms with Crippen LogP contribution in [0.15, 0.2) is 72.9 Å². The van der Waals surface area contributed by atoms with E-state index in [-0.39, 0.29) is 19.6 Å². The lowest BCUT2D eigenvalue weighted by molar-refractivity contribution is -0.301. The fourth-order valence-electron chi connectivity index (χ4n) is 6.93. The zero-order valence-corrected chi connectivity index (χ0v) is 39.7. The van der Waals surface area contributed by atoms with Crippen molar-refractivity contribution in [1.29, 1.82) is 0 Å². The molecule has 1 rings (SSSR count). The first-order valence-corrected chi connectivity index (χ1v) is 25.6. The van der Waals surface area contributed by atoms with Crippen LogP contribution in [0.4, 0.5) is 0 Å². The Morgan fingerprint density at radius 3 is 1.62 bits per heavy atom. The lowest BCUT2D eigenvalue weighted by atomic mass is 9.99. The number of unbranched alkanes of at least 4 members (excludes halogenated alkanes) is 16. The summed E-state index contributed by atoms with van der Waals surface area (Å²) in [4.78, 5) is 12.9. The highest BCUT2D eigenvalue weighted by atomic mass is 32.3. The molecule has 6 unspecified atom stereocenters. The van der Waals surface area contributed by atoms with Gasteiger partial charge >= 0.3 is 16.4 Å². The maximum Gasteiger partial charge on any atom is 0.397 e. The molecule has 1 saturated heterocycles. The fourth-order valence-corrected chi connectivity index (χ4v) is 7.44. The van der Waals surface area contributed by atoms with Gasteiger partial charge in [-0.15, -0.1) is 0 Å². The largest absolute Gasteiger partial charge is 0.457 e. The minimum atomic E-state index is -5.07. The predicted octanol–water partition coefficient (Wildman–Crippen LogP) is 10.7. The number of allylic oxidation sites excluding steroid dienone is 12. The summed E-state index contributed by atoms with van der Waals surface area (Å²) in [6.07, 6.45) is 43.5. The molecule has 6 atom stereocenters. The van der Waals surface area contributed by atoms with Crippen LogP contribution in [-0.4, -0.2) is 97.5 Å². The van der Waals surface area contributed by atoms with Crippen molar-refractivity contribution in [3.05, 3.63) is 72.9 Å². The quantitative estimate of drug-likeness (QED) is 0.0198. The van der Waals surface area contributed by atoms with Crippen molar-refractivity contribution in [1.82, 2.24) is 0 Å². The van der Waals surface area contributed by atoms with Crippen LogP contribution in [0.2, 0.25) is 0 Å². The number of rotatable bonds is 41. The molecule has 364 valence electrons. The molecule has 1 aliphatic heterocycles. The lowest BCUT2D eigenvalue weighted by Gasteiger charge is -2.41. The molecule has 0 radical (unpaired) electrons. The van der Waals surface area contributed by atoms with Crippen molar-refractivity contribution in [3.8, 4) is 0 Å². The Morgan fingerprint density at radius 2 is 1.10 bits per heavy atom. The Morgan fingerprint density at radius 1 is 0.619 bits per heavy atom. The summed E-state index contributed by atoms with van der Waals surface area (Å²) in [7, 11) is -5.07. The molecule has 0 amide bonds. The van der Waals surface area contributed by atoms with E-state index in [4.69, 9.17) is 18.9 Å². The number of carbonyl (C=O) groups is 1. The molecule has 0 aromatic heterocycles. The SMILES string of the molecule is CC/C=C\C/C=C\C/C=C\C/C=C\C/C=C\CCCCCCCC(=O)OC(COCCCCCCCC/C=C\CCCCCCC)COC1OC(CO)C(O)C(OS(=O)(=O)O)C1O. The van der Waals surface area contributed by atoms with Gasteiger partial charge in [-0.3, -0.25) is 9.35 Å². The van der Waals surface area contributed by atoms with Gasteiger partial charge in [-0.25, -0.2) is 4.18 Å². The van der Waals surface area contributed by atoms with Crippen LogP contribution in [0.3, 0.4) is 0 Å². The molecule has 1 fully saturated rings. The van der Waals surface area contributed by atoms with Gasteiger partial charge < -0.3 is 34.3 Å². The molecule has 0 saturated carbocycles. The standard InChI is InChI=1S/C50H86O12S/c1-3-5-7-9-11-13-15-17-19-20-21-22-23-24-25-27-29-31-33-35-37-39-46(52)60-44(43-59-50-48(54)49(62-63(55,56)57)47(53)45(41-51)61-50)42-58-40-38-36-34-32-30-28-26-18-16-14-12-10-8-6-4-2/h5,7,11,13,16-19,21-22,24-25,44-45,47-51,53-54H,3-4,6,8-10,12,14-15,20,23,26-43H2,1-2H3,(H,55,56,57)/b7-5-,13-11-,18-16-,19-17-,22-21-,25-24-. The first kappa shape index (κ1) is 58.6. The second-order valence-corrected chi connectivity index (χ2v) is 17.4. The third-order valence-electron chi connectivity index (χ3n) is 10.6. The van der Waals surface area contributed by atoms with Gasteiger partial charge in [0, 0.05) is 13.0 Å². The zero-order valence-electron chi connectivity index (χ0n) is 38.9. The van der Waals surface area contributed by atoms with Crippen LogP contribution in [0, 0.1) is 0 Å². The third-order valence-corrected chi connectivity index (χ3v) is 11.0. The molecular weight excluding hydrogens is 825 g/mol. The maximum atomic E-state index is 12.9. The number of hydrogen-bond donors (Lipinski definition) is 4. The van der Waals surface area contributed by atoms with E-state index in [2.05, 4.69) is 90.9 Å². The van der Waals surface area contributed by atoms with E-state index >= 15 is 0 Å². The van der Waals surface area contributed by atoms with E-state index < -0.39 is 59.8 Å². The molecule has 13 heteroatoms.